The van der Waals surface area contributed by atoms with Gasteiger partial charge in [0.05, 0.1) is 23.9 Å². The molecule has 2 aliphatic rings. The Hall–Kier alpha value is -2.46. The molecule has 1 N–H and O–H groups in total. The van der Waals surface area contributed by atoms with Crippen LogP contribution in [0.1, 0.15) is 18.4 Å². The first-order valence-electron chi connectivity index (χ1n) is 7.88. The molecule has 6 heteroatoms. The fourth-order valence-electron chi connectivity index (χ4n) is 3.95. The van der Waals surface area contributed by atoms with Crippen LogP contribution in [0.15, 0.2) is 28.5 Å². The molecule has 1 aromatic rings. The van der Waals surface area contributed by atoms with Crippen LogP contribution < -0.4 is 0 Å². The van der Waals surface area contributed by atoms with Crippen molar-refractivity contribution >= 4 is 17.0 Å². The standard InChI is InChI=1S/C18H17N5S/c1-2-23-5-3-13-14(7-19)17(22)18(10-20,11-21)16(15(13)8-23)12-4-6-24-9-12/h3-4,6,9,14-16,22H,2,5,8H2,1H3/t14?,15-,16+/m0/s1. The van der Waals surface area contributed by atoms with Gasteiger partial charge in [0.15, 0.2) is 5.41 Å². The minimum absolute atomic E-state index is 0.0707. The van der Waals surface area contributed by atoms with Crippen LogP contribution in [0.4, 0.5) is 0 Å². The Morgan fingerprint density at radius 1 is 1.38 bits per heavy atom. The van der Waals surface area contributed by atoms with Gasteiger partial charge in [0.1, 0.15) is 5.92 Å². The maximum atomic E-state index is 9.86. The highest BCUT2D eigenvalue weighted by Crippen LogP contribution is 2.53. The molecule has 2 heterocycles. The van der Waals surface area contributed by atoms with Crippen LogP contribution in [0, 0.1) is 56.7 Å². The van der Waals surface area contributed by atoms with E-state index in [0.717, 1.165) is 24.2 Å². The van der Waals surface area contributed by atoms with Gasteiger partial charge in [-0.3, -0.25) is 4.90 Å². The van der Waals surface area contributed by atoms with Gasteiger partial charge in [-0.25, -0.2) is 0 Å². The maximum absolute atomic E-state index is 9.86. The van der Waals surface area contributed by atoms with E-state index in [9.17, 15) is 15.8 Å². The van der Waals surface area contributed by atoms with E-state index in [-0.39, 0.29) is 11.6 Å². The Morgan fingerprint density at radius 2 is 2.12 bits per heavy atom. The van der Waals surface area contributed by atoms with E-state index in [1.165, 1.54) is 11.3 Å². The molecule has 1 aliphatic heterocycles. The van der Waals surface area contributed by atoms with Gasteiger partial charge in [0.2, 0.25) is 0 Å². The average molecular weight is 335 g/mol. The van der Waals surface area contributed by atoms with E-state index in [0.29, 0.717) is 6.54 Å². The minimum atomic E-state index is -1.58. The summed E-state index contributed by atoms with van der Waals surface area (Å²) in [7, 11) is 0. The van der Waals surface area contributed by atoms with Crippen molar-refractivity contribution in [3.63, 3.8) is 0 Å². The molecule has 3 atom stereocenters. The molecule has 24 heavy (non-hydrogen) atoms. The van der Waals surface area contributed by atoms with Gasteiger partial charge in [-0.15, -0.1) is 0 Å². The van der Waals surface area contributed by atoms with Gasteiger partial charge in [-0.1, -0.05) is 13.0 Å². The molecule has 0 saturated heterocycles. The Kier molecular flexibility index (Phi) is 4.24. The van der Waals surface area contributed by atoms with Crippen molar-refractivity contribution in [2.75, 3.05) is 19.6 Å². The molecule has 5 nitrogen and oxygen atoms in total. The SMILES string of the molecule is CCN1CC=C2C(C#N)C(=N)C(C#N)(C#N)[C@H](c3ccsc3)[C@H]2C1. The third kappa shape index (κ3) is 2.18. The second-order valence-electron chi connectivity index (χ2n) is 6.20. The van der Waals surface area contributed by atoms with Crippen molar-refractivity contribution < 1.29 is 0 Å². The van der Waals surface area contributed by atoms with Crippen LogP contribution in [0.3, 0.4) is 0 Å². The normalized spacial score (nSPS) is 28.8. The maximum Gasteiger partial charge on any atom is 0.189 e. The van der Waals surface area contributed by atoms with Crippen LogP contribution in [0.5, 0.6) is 0 Å². The summed E-state index contributed by atoms with van der Waals surface area (Å²) in [5.74, 6) is -1.27. The van der Waals surface area contributed by atoms with Gasteiger partial charge >= 0.3 is 0 Å². The minimum Gasteiger partial charge on any atom is -0.305 e. The first-order chi connectivity index (χ1) is 11.6. The summed E-state index contributed by atoms with van der Waals surface area (Å²) in [4.78, 5) is 2.25. The average Bonchev–Trinajstić information content (AvgIpc) is 3.14. The van der Waals surface area contributed by atoms with Crippen LogP contribution in [-0.4, -0.2) is 30.2 Å². The summed E-state index contributed by atoms with van der Waals surface area (Å²) in [5.41, 5.74) is 0.168. The fraction of sp³-hybridized carbons (Fsp3) is 0.444. The van der Waals surface area contributed by atoms with Crippen molar-refractivity contribution in [2.24, 2.45) is 17.3 Å². The molecule has 0 amide bonds. The Bertz CT molecular complexity index is 788. The van der Waals surface area contributed by atoms with Gasteiger partial charge in [0.25, 0.3) is 0 Å². The number of rotatable bonds is 2. The molecule has 0 radical (unpaired) electrons. The molecular weight excluding hydrogens is 318 g/mol. The lowest BCUT2D eigenvalue weighted by Gasteiger charge is -2.47. The number of thiophene rings is 1. The zero-order chi connectivity index (χ0) is 17.3. The van der Waals surface area contributed by atoms with E-state index >= 15 is 0 Å². The molecule has 1 aliphatic carbocycles. The van der Waals surface area contributed by atoms with Gasteiger partial charge < -0.3 is 5.41 Å². The summed E-state index contributed by atoms with van der Waals surface area (Å²) < 4.78 is 0. The summed E-state index contributed by atoms with van der Waals surface area (Å²) in [6.07, 6.45) is 2.03. The predicted molar refractivity (Wildman–Crippen MR) is 91.2 cm³/mol. The summed E-state index contributed by atoms with van der Waals surface area (Å²) in [5, 5.41) is 41.7. The van der Waals surface area contributed by atoms with E-state index < -0.39 is 17.3 Å². The molecule has 1 saturated carbocycles. The Labute approximate surface area is 145 Å². The second kappa shape index (κ2) is 6.21. The van der Waals surface area contributed by atoms with Crippen molar-refractivity contribution in [2.45, 2.75) is 12.8 Å². The van der Waals surface area contributed by atoms with Gasteiger partial charge in [-0.05, 0) is 34.5 Å². The highest BCUT2D eigenvalue weighted by atomic mass is 32.1. The third-order valence-corrected chi connectivity index (χ3v) is 5.92. The predicted octanol–water partition coefficient (Wildman–Crippen LogP) is 2.92. The number of hydrogen-bond acceptors (Lipinski definition) is 6. The van der Waals surface area contributed by atoms with Gasteiger partial charge in [0, 0.05) is 24.9 Å². The lowest BCUT2D eigenvalue weighted by atomic mass is 9.54. The molecule has 120 valence electrons. The topological polar surface area (TPSA) is 98.5 Å². The van der Waals surface area contributed by atoms with E-state index in [4.69, 9.17) is 5.41 Å². The molecule has 0 aromatic carbocycles. The quantitative estimate of drug-likeness (QED) is 0.840. The van der Waals surface area contributed by atoms with E-state index in [2.05, 4.69) is 30.0 Å². The largest absolute Gasteiger partial charge is 0.305 e. The monoisotopic (exact) mass is 335 g/mol. The molecule has 1 aromatic heterocycles. The first kappa shape index (κ1) is 16.4. The summed E-state index contributed by atoms with van der Waals surface area (Å²) in [6, 6.07) is 8.31. The molecule has 0 spiro atoms. The van der Waals surface area contributed by atoms with Crippen molar-refractivity contribution in [1.29, 1.82) is 21.2 Å². The van der Waals surface area contributed by atoms with Crippen molar-refractivity contribution in [1.82, 2.24) is 4.90 Å². The molecular formula is C18H17N5S. The zero-order valence-electron chi connectivity index (χ0n) is 13.4. The molecule has 1 fully saturated rings. The molecule has 3 rings (SSSR count). The van der Waals surface area contributed by atoms with Gasteiger partial charge in [-0.2, -0.15) is 27.1 Å². The summed E-state index contributed by atoms with van der Waals surface area (Å²) >= 11 is 1.52. The number of nitriles is 3. The second-order valence-corrected chi connectivity index (χ2v) is 6.98. The summed E-state index contributed by atoms with van der Waals surface area (Å²) in [6.45, 7) is 4.40. The number of hydrogen-bond donors (Lipinski definition) is 1. The highest BCUT2D eigenvalue weighted by molar-refractivity contribution is 7.08. The van der Waals surface area contributed by atoms with Crippen LogP contribution in [0.25, 0.3) is 0 Å². The zero-order valence-corrected chi connectivity index (χ0v) is 14.2. The van der Waals surface area contributed by atoms with Crippen molar-refractivity contribution in [3.05, 3.63) is 34.0 Å². The van der Waals surface area contributed by atoms with E-state index in [1.807, 2.05) is 22.9 Å². The Balaban J connectivity index is 2.23. The third-order valence-electron chi connectivity index (χ3n) is 5.22. The molecule has 0 bridgehead atoms. The van der Waals surface area contributed by atoms with Crippen LogP contribution in [0.2, 0.25) is 0 Å². The van der Waals surface area contributed by atoms with E-state index in [1.54, 1.807) is 0 Å². The first-order valence-corrected chi connectivity index (χ1v) is 8.82. The van der Waals surface area contributed by atoms with Crippen molar-refractivity contribution in [3.8, 4) is 18.2 Å². The molecule has 1 unspecified atom stereocenters. The number of likely N-dealkylation sites (N-methyl/N-ethyl adjacent to an activating group) is 1. The van der Waals surface area contributed by atoms with Crippen LogP contribution in [-0.2, 0) is 0 Å². The smallest absolute Gasteiger partial charge is 0.189 e. The lowest BCUT2D eigenvalue weighted by Crippen LogP contribution is -2.52. The fourth-order valence-corrected chi connectivity index (χ4v) is 4.65. The highest BCUT2D eigenvalue weighted by Gasteiger charge is 2.57. The number of nitrogens with one attached hydrogen (secondary N) is 1. The number of nitrogens with zero attached hydrogens (tertiary/aromatic N) is 4. The number of fused-ring (bicyclic) bond motifs is 1. The lowest BCUT2D eigenvalue weighted by molar-refractivity contribution is 0.212. The van der Waals surface area contributed by atoms with Crippen LogP contribution >= 0.6 is 11.3 Å². The Morgan fingerprint density at radius 3 is 2.67 bits per heavy atom.